The molecule has 80 valence electrons. The maximum Gasteiger partial charge on any atom is 0.294 e. The highest BCUT2D eigenvalue weighted by molar-refractivity contribution is 7.85. The number of benzene rings is 1. The minimum Gasteiger partial charge on any atom is -0.441 e. The van der Waals surface area contributed by atoms with Crippen LogP contribution >= 0.6 is 0 Å². The number of rotatable bonds is 2. The normalized spacial score (nSPS) is 12.1. The number of aryl methyl sites for hydroxylation is 1. The number of hydrogen-bond donors (Lipinski definition) is 1. The Hall–Kier alpha value is -1.40. The monoisotopic (exact) mass is 227 g/mol. The van der Waals surface area contributed by atoms with Crippen LogP contribution in [0.15, 0.2) is 27.5 Å². The molecule has 2 aromatic rings. The van der Waals surface area contributed by atoms with Crippen molar-refractivity contribution in [3.05, 3.63) is 24.1 Å². The predicted octanol–water partition coefficient (Wildman–Crippen LogP) is 1.64. The number of hydrogen-bond acceptors (Lipinski definition) is 4. The molecule has 15 heavy (non-hydrogen) atoms. The molecule has 0 saturated carbocycles. The van der Waals surface area contributed by atoms with Gasteiger partial charge in [0.2, 0.25) is 0 Å². The second kappa shape index (κ2) is 3.32. The highest BCUT2D eigenvalue weighted by Crippen LogP contribution is 2.19. The van der Waals surface area contributed by atoms with E-state index in [1.807, 2.05) is 6.92 Å². The average Bonchev–Trinajstić information content (AvgIpc) is 2.57. The van der Waals surface area contributed by atoms with E-state index in [1.165, 1.54) is 18.2 Å². The molecule has 1 heterocycles. The third-order valence-corrected chi connectivity index (χ3v) is 2.85. The zero-order valence-electron chi connectivity index (χ0n) is 7.97. The summed E-state index contributed by atoms with van der Waals surface area (Å²) in [5.74, 6) is 0.539. The van der Waals surface area contributed by atoms with Gasteiger partial charge in [-0.1, -0.05) is 6.92 Å². The fraction of sp³-hybridized carbons (Fsp3) is 0.222. The molecule has 0 aliphatic rings. The summed E-state index contributed by atoms with van der Waals surface area (Å²) in [5.41, 5.74) is 0.946. The Morgan fingerprint density at radius 1 is 1.47 bits per heavy atom. The van der Waals surface area contributed by atoms with Crippen LogP contribution in [-0.4, -0.2) is 18.0 Å². The van der Waals surface area contributed by atoms with E-state index in [0.29, 0.717) is 23.4 Å². The summed E-state index contributed by atoms with van der Waals surface area (Å²) in [7, 11) is -4.17. The Labute approximate surface area is 86.5 Å². The molecule has 0 radical (unpaired) electrons. The maximum absolute atomic E-state index is 10.9. The van der Waals surface area contributed by atoms with Crippen LogP contribution in [-0.2, 0) is 16.5 Å². The van der Waals surface area contributed by atoms with Gasteiger partial charge >= 0.3 is 0 Å². The van der Waals surface area contributed by atoms with Crippen molar-refractivity contribution in [2.45, 2.75) is 18.2 Å². The van der Waals surface area contributed by atoms with Crippen molar-refractivity contribution < 1.29 is 17.4 Å². The smallest absolute Gasteiger partial charge is 0.294 e. The van der Waals surface area contributed by atoms with Gasteiger partial charge in [-0.05, 0) is 18.2 Å². The Balaban J connectivity index is 2.66. The van der Waals surface area contributed by atoms with Crippen molar-refractivity contribution in [2.75, 3.05) is 0 Å². The molecule has 0 bridgehead atoms. The van der Waals surface area contributed by atoms with Crippen molar-refractivity contribution in [1.29, 1.82) is 0 Å². The Kier molecular flexibility index (Phi) is 2.24. The van der Waals surface area contributed by atoms with E-state index in [-0.39, 0.29) is 4.90 Å². The Bertz CT molecular complexity index is 600. The average molecular weight is 227 g/mol. The van der Waals surface area contributed by atoms with E-state index in [2.05, 4.69) is 4.98 Å². The van der Waals surface area contributed by atoms with Gasteiger partial charge in [0.15, 0.2) is 11.5 Å². The summed E-state index contributed by atoms with van der Waals surface area (Å²) < 4.78 is 35.8. The summed E-state index contributed by atoms with van der Waals surface area (Å²) in [4.78, 5) is 3.89. The van der Waals surface area contributed by atoms with E-state index in [4.69, 9.17) is 8.97 Å². The molecule has 0 aliphatic heterocycles. The quantitative estimate of drug-likeness (QED) is 0.789. The highest BCUT2D eigenvalue weighted by atomic mass is 32.2. The van der Waals surface area contributed by atoms with Gasteiger partial charge in [0.1, 0.15) is 5.52 Å². The molecule has 0 unspecified atom stereocenters. The number of nitrogens with zero attached hydrogens (tertiary/aromatic N) is 1. The first-order valence-corrected chi connectivity index (χ1v) is 5.81. The lowest BCUT2D eigenvalue weighted by Crippen LogP contribution is -1.97. The zero-order chi connectivity index (χ0) is 11.1. The van der Waals surface area contributed by atoms with Crippen LogP contribution < -0.4 is 0 Å². The van der Waals surface area contributed by atoms with Gasteiger partial charge in [-0.25, -0.2) is 4.98 Å². The first-order chi connectivity index (χ1) is 7.00. The SMILES string of the molecule is CCc1nc2cc(S(=O)(=O)O)ccc2o1. The minimum absolute atomic E-state index is 0.175. The van der Waals surface area contributed by atoms with Crippen LogP contribution in [0.3, 0.4) is 0 Å². The molecule has 1 N–H and O–H groups in total. The van der Waals surface area contributed by atoms with Gasteiger partial charge in [-0.2, -0.15) is 8.42 Å². The van der Waals surface area contributed by atoms with Crippen LogP contribution in [0.1, 0.15) is 12.8 Å². The van der Waals surface area contributed by atoms with Crippen LogP contribution in [0.4, 0.5) is 0 Å². The van der Waals surface area contributed by atoms with Gasteiger partial charge < -0.3 is 4.42 Å². The molecule has 0 saturated heterocycles. The lowest BCUT2D eigenvalue weighted by atomic mass is 10.3. The van der Waals surface area contributed by atoms with Crippen LogP contribution in [0, 0.1) is 0 Å². The second-order valence-corrected chi connectivity index (χ2v) is 4.49. The fourth-order valence-electron chi connectivity index (χ4n) is 1.27. The summed E-state index contributed by atoms with van der Waals surface area (Å²) >= 11 is 0. The van der Waals surface area contributed by atoms with E-state index in [0.717, 1.165) is 0 Å². The third kappa shape index (κ3) is 1.86. The van der Waals surface area contributed by atoms with E-state index < -0.39 is 10.1 Å². The number of oxazole rings is 1. The first-order valence-electron chi connectivity index (χ1n) is 4.37. The minimum atomic E-state index is -4.17. The van der Waals surface area contributed by atoms with Crippen molar-refractivity contribution in [2.24, 2.45) is 0 Å². The van der Waals surface area contributed by atoms with Gasteiger partial charge in [-0.3, -0.25) is 4.55 Å². The molecule has 0 atom stereocenters. The standard InChI is InChI=1S/C9H9NO4S/c1-2-9-10-7-5-6(15(11,12)13)3-4-8(7)14-9/h3-5H,2H2,1H3,(H,11,12,13). The molecule has 0 aliphatic carbocycles. The van der Waals surface area contributed by atoms with Gasteiger partial charge in [0, 0.05) is 6.42 Å². The lowest BCUT2D eigenvalue weighted by molar-refractivity contribution is 0.483. The molecule has 1 aromatic carbocycles. The molecule has 0 amide bonds. The molecule has 2 rings (SSSR count). The summed E-state index contributed by atoms with van der Waals surface area (Å²) in [6, 6.07) is 4.04. The van der Waals surface area contributed by atoms with Crippen molar-refractivity contribution in [3.63, 3.8) is 0 Å². The van der Waals surface area contributed by atoms with E-state index in [1.54, 1.807) is 0 Å². The van der Waals surface area contributed by atoms with Crippen molar-refractivity contribution in [3.8, 4) is 0 Å². The van der Waals surface area contributed by atoms with Gasteiger partial charge in [0.25, 0.3) is 10.1 Å². The summed E-state index contributed by atoms with van der Waals surface area (Å²) in [6.45, 7) is 1.88. The van der Waals surface area contributed by atoms with Crippen LogP contribution in [0.25, 0.3) is 11.1 Å². The van der Waals surface area contributed by atoms with Gasteiger partial charge in [-0.15, -0.1) is 0 Å². The van der Waals surface area contributed by atoms with Crippen molar-refractivity contribution >= 4 is 21.2 Å². The Morgan fingerprint density at radius 2 is 2.20 bits per heavy atom. The molecule has 6 heteroatoms. The largest absolute Gasteiger partial charge is 0.441 e. The fourth-order valence-corrected chi connectivity index (χ4v) is 1.77. The van der Waals surface area contributed by atoms with E-state index in [9.17, 15) is 8.42 Å². The second-order valence-electron chi connectivity index (χ2n) is 3.07. The zero-order valence-corrected chi connectivity index (χ0v) is 8.78. The topological polar surface area (TPSA) is 80.4 Å². The molecule has 0 fully saturated rings. The lowest BCUT2D eigenvalue weighted by Gasteiger charge is -1.94. The third-order valence-electron chi connectivity index (χ3n) is 2.00. The van der Waals surface area contributed by atoms with Gasteiger partial charge in [0.05, 0.1) is 4.90 Å². The molecule has 5 nitrogen and oxygen atoms in total. The number of fused-ring (bicyclic) bond motifs is 1. The van der Waals surface area contributed by atoms with Crippen molar-refractivity contribution in [1.82, 2.24) is 4.98 Å². The maximum atomic E-state index is 10.9. The molecular formula is C9H9NO4S. The molecule has 1 aromatic heterocycles. The molecule has 0 spiro atoms. The summed E-state index contributed by atoms with van der Waals surface area (Å²) in [6.07, 6.45) is 0.635. The molecular weight excluding hydrogens is 218 g/mol. The Morgan fingerprint density at radius 3 is 2.80 bits per heavy atom. The first kappa shape index (κ1) is 10.1. The predicted molar refractivity (Wildman–Crippen MR) is 53.2 cm³/mol. The summed E-state index contributed by atoms with van der Waals surface area (Å²) in [5, 5.41) is 0. The van der Waals surface area contributed by atoms with Crippen LogP contribution in [0.2, 0.25) is 0 Å². The number of aromatic nitrogens is 1. The van der Waals surface area contributed by atoms with E-state index >= 15 is 0 Å². The van der Waals surface area contributed by atoms with Crippen LogP contribution in [0.5, 0.6) is 0 Å². The highest BCUT2D eigenvalue weighted by Gasteiger charge is 2.12.